The lowest BCUT2D eigenvalue weighted by Crippen LogP contribution is -2.06. The first-order valence-electron chi connectivity index (χ1n) is 9.20. The first-order valence-corrected chi connectivity index (χ1v) is 9.20. The molecule has 5 rings (SSSR count). The van der Waals surface area contributed by atoms with Gasteiger partial charge in [0, 0.05) is 29.8 Å². The zero-order valence-corrected chi connectivity index (χ0v) is 15.9. The van der Waals surface area contributed by atoms with E-state index < -0.39 is 0 Å². The summed E-state index contributed by atoms with van der Waals surface area (Å²) < 4.78 is 3.95. The van der Waals surface area contributed by atoms with Gasteiger partial charge in [0.25, 0.3) is 0 Å². The van der Waals surface area contributed by atoms with Crippen LogP contribution in [-0.2, 0) is 0 Å². The van der Waals surface area contributed by atoms with Crippen LogP contribution in [0, 0.1) is 27.7 Å². The zero-order chi connectivity index (χ0) is 18.7. The van der Waals surface area contributed by atoms with E-state index >= 15 is 0 Å². The molecule has 2 atom stereocenters. The number of fused-ring (bicyclic) bond motifs is 1. The Morgan fingerprint density at radius 2 is 1.70 bits per heavy atom. The maximum absolute atomic E-state index is 4.82. The first kappa shape index (κ1) is 16.1. The summed E-state index contributed by atoms with van der Waals surface area (Å²) in [5.74, 6) is 3.90. The number of pyridine rings is 1. The minimum Gasteiger partial charge on any atom is -0.304 e. The van der Waals surface area contributed by atoms with Crippen LogP contribution in [0.4, 0.5) is 0 Å². The number of nitrogens with zero attached hydrogens (tertiary/aromatic N) is 7. The molecule has 4 aromatic rings. The summed E-state index contributed by atoms with van der Waals surface area (Å²) in [6, 6.07) is 8.25. The van der Waals surface area contributed by atoms with Gasteiger partial charge in [-0.2, -0.15) is 4.68 Å². The number of rotatable bonds is 3. The fourth-order valence-electron chi connectivity index (χ4n) is 3.81. The van der Waals surface area contributed by atoms with Crippen LogP contribution < -0.4 is 0 Å². The van der Waals surface area contributed by atoms with Crippen LogP contribution >= 0.6 is 0 Å². The Hall–Kier alpha value is -3.09. The molecule has 27 heavy (non-hydrogen) atoms. The van der Waals surface area contributed by atoms with Crippen LogP contribution in [0.5, 0.6) is 0 Å². The van der Waals surface area contributed by atoms with Crippen molar-refractivity contribution in [3.8, 4) is 5.82 Å². The maximum atomic E-state index is 4.82. The molecule has 136 valence electrons. The van der Waals surface area contributed by atoms with Gasteiger partial charge < -0.3 is 4.40 Å². The number of imidazole rings is 1. The Bertz CT molecular complexity index is 1170. The number of aryl methyl sites for hydroxylation is 4. The van der Waals surface area contributed by atoms with Crippen molar-refractivity contribution in [1.29, 1.82) is 0 Å². The molecule has 0 N–H and O–H groups in total. The lowest BCUT2D eigenvalue weighted by atomic mass is 10.2. The smallest absolute Gasteiger partial charge is 0.159 e. The second-order valence-electron chi connectivity index (χ2n) is 7.33. The van der Waals surface area contributed by atoms with Crippen molar-refractivity contribution in [3.63, 3.8) is 0 Å². The number of hydrogen-bond donors (Lipinski definition) is 0. The third-order valence-corrected chi connectivity index (χ3v) is 5.20. The molecule has 1 aliphatic rings. The van der Waals surface area contributed by atoms with Gasteiger partial charge in [-0.3, -0.25) is 0 Å². The van der Waals surface area contributed by atoms with Gasteiger partial charge in [0.1, 0.15) is 23.1 Å². The molecule has 0 aromatic carbocycles. The molecule has 7 heteroatoms. The lowest BCUT2D eigenvalue weighted by Gasteiger charge is -2.06. The standard InChI is InChI=1S/C20H21N7/c1-11-6-5-7-19-24-18(10-26(11)19)16-8-15(16)17-9-20(23-12(2)22-17)27-14(4)21-13(3)25-27/h5-7,9-10,15-16H,8H2,1-4H3. The topological polar surface area (TPSA) is 73.8 Å². The molecule has 1 fully saturated rings. The van der Waals surface area contributed by atoms with Gasteiger partial charge in [-0.25, -0.2) is 19.9 Å². The van der Waals surface area contributed by atoms with E-state index in [4.69, 9.17) is 9.97 Å². The highest BCUT2D eigenvalue weighted by atomic mass is 15.4. The molecule has 1 saturated carbocycles. The minimum atomic E-state index is 0.376. The van der Waals surface area contributed by atoms with E-state index in [0.29, 0.717) is 11.8 Å². The zero-order valence-electron chi connectivity index (χ0n) is 15.9. The average molecular weight is 359 g/mol. The van der Waals surface area contributed by atoms with Gasteiger partial charge in [0.05, 0.1) is 11.4 Å². The van der Waals surface area contributed by atoms with E-state index in [1.54, 1.807) is 4.68 Å². The molecule has 4 heterocycles. The molecule has 0 bridgehead atoms. The molecule has 1 aliphatic carbocycles. The van der Waals surface area contributed by atoms with E-state index in [2.05, 4.69) is 44.7 Å². The van der Waals surface area contributed by atoms with E-state index in [0.717, 1.165) is 46.7 Å². The van der Waals surface area contributed by atoms with Gasteiger partial charge in [-0.05, 0) is 46.2 Å². The third-order valence-electron chi connectivity index (χ3n) is 5.20. The van der Waals surface area contributed by atoms with Crippen molar-refractivity contribution in [3.05, 3.63) is 65.0 Å². The van der Waals surface area contributed by atoms with Crippen LogP contribution in [0.25, 0.3) is 11.5 Å². The van der Waals surface area contributed by atoms with Crippen molar-refractivity contribution >= 4 is 5.65 Å². The largest absolute Gasteiger partial charge is 0.304 e. The number of aromatic nitrogens is 7. The third kappa shape index (κ3) is 2.70. The van der Waals surface area contributed by atoms with Gasteiger partial charge in [0.15, 0.2) is 5.82 Å². The minimum absolute atomic E-state index is 0.376. The molecular weight excluding hydrogens is 338 g/mol. The van der Waals surface area contributed by atoms with Crippen molar-refractivity contribution in [2.45, 2.75) is 46.0 Å². The summed E-state index contributed by atoms with van der Waals surface area (Å²) in [5.41, 5.74) is 4.40. The van der Waals surface area contributed by atoms with Crippen molar-refractivity contribution in [2.75, 3.05) is 0 Å². The SMILES string of the molecule is Cc1nc(C2CC2c2cn3c(C)cccc3n2)cc(-n2nc(C)nc2C)n1. The fourth-order valence-corrected chi connectivity index (χ4v) is 3.81. The van der Waals surface area contributed by atoms with E-state index in [-0.39, 0.29) is 0 Å². The highest BCUT2D eigenvalue weighted by Crippen LogP contribution is 2.53. The Labute approximate surface area is 157 Å². The molecule has 0 saturated heterocycles. The van der Waals surface area contributed by atoms with E-state index in [9.17, 15) is 0 Å². The Balaban J connectivity index is 1.49. The predicted molar refractivity (Wildman–Crippen MR) is 101 cm³/mol. The van der Waals surface area contributed by atoms with E-state index in [1.165, 1.54) is 5.69 Å². The Morgan fingerprint density at radius 1 is 0.889 bits per heavy atom. The van der Waals surface area contributed by atoms with Crippen molar-refractivity contribution in [2.24, 2.45) is 0 Å². The highest BCUT2D eigenvalue weighted by Gasteiger charge is 2.42. The summed E-state index contributed by atoms with van der Waals surface area (Å²) in [4.78, 5) is 18.5. The quantitative estimate of drug-likeness (QED) is 0.561. The summed E-state index contributed by atoms with van der Waals surface area (Å²) in [5, 5.41) is 4.46. The second kappa shape index (κ2) is 5.70. The van der Waals surface area contributed by atoms with Gasteiger partial charge in [-0.15, -0.1) is 5.10 Å². The Kier molecular flexibility index (Phi) is 3.40. The molecule has 2 unspecified atom stereocenters. The van der Waals surface area contributed by atoms with Gasteiger partial charge in [0.2, 0.25) is 0 Å². The lowest BCUT2D eigenvalue weighted by molar-refractivity contribution is 0.778. The first-order chi connectivity index (χ1) is 13.0. The summed E-state index contributed by atoms with van der Waals surface area (Å²) in [7, 11) is 0. The van der Waals surface area contributed by atoms with Crippen LogP contribution in [0.1, 0.15) is 52.8 Å². The molecule has 0 amide bonds. The monoisotopic (exact) mass is 359 g/mol. The van der Waals surface area contributed by atoms with Crippen LogP contribution in [-0.4, -0.2) is 34.1 Å². The van der Waals surface area contributed by atoms with Crippen LogP contribution in [0.2, 0.25) is 0 Å². The van der Waals surface area contributed by atoms with E-state index in [1.807, 2.05) is 32.9 Å². The molecule has 0 spiro atoms. The Morgan fingerprint density at radius 3 is 2.44 bits per heavy atom. The summed E-state index contributed by atoms with van der Waals surface area (Å²) in [6.07, 6.45) is 3.23. The predicted octanol–water partition coefficient (Wildman–Crippen LogP) is 3.21. The molecular formula is C20H21N7. The molecule has 0 aliphatic heterocycles. The van der Waals surface area contributed by atoms with Crippen molar-refractivity contribution in [1.82, 2.24) is 34.1 Å². The highest BCUT2D eigenvalue weighted by molar-refractivity contribution is 5.44. The second-order valence-corrected chi connectivity index (χ2v) is 7.33. The molecule has 4 aromatic heterocycles. The van der Waals surface area contributed by atoms with Gasteiger partial charge >= 0.3 is 0 Å². The normalized spacial score (nSPS) is 19.0. The summed E-state index contributed by atoms with van der Waals surface area (Å²) in [6.45, 7) is 7.86. The molecule has 7 nitrogen and oxygen atoms in total. The van der Waals surface area contributed by atoms with Crippen LogP contribution in [0.3, 0.4) is 0 Å². The number of hydrogen-bond acceptors (Lipinski definition) is 5. The fraction of sp³-hybridized carbons (Fsp3) is 0.350. The summed E-state index contributed by atoms with van der Waals surface area (Å²) >= 11 is 0. The van der Waals surface area contributed by atoms with Crippen LogP contribution in [0.15, 0.2) is 30.5 Å². The maximum Gasteiger partial charge on any atom is 0.159 e. The molecule has 0 radical (unpaired) electrons. The average Bonchev–Trinajstić information content (AvgIpc) is 3.18. The van der Waals surface area contributed by atoms with Crippen molar-refractivity contribution < 1.29 is 0 Å². The van der Waals surface area contributed by atoms with Gasteiger partial charge in [-0.1, -0.05) is 6.07 Å².